The minimum absolute atomic E-state index is 0.0166. The Labute approximate surface area is 247 Å². The molecule has 1 heterocycles. The van der Waals surface area contributed by atoms with Gasteiger partial charge in [-0.3, -0.25) is 0 Å². The van der Waals surface area contributed by atoms with Crippen molar-refractivity contribution >= 4 is 0 Å². The fourth-order valence-electron chi connectivity index (χ4n) is 9.68. The van der Waals surface area contributed by atoms with E-state index >= 15 is 0 Å². The van der Waals surface area contributed by atoms with Crippen LogP contribution in [0.15, 0.2) is 23.7 Å². The predicted octanol–water partition coefficient (Wildman–Crippen LogP) is 1.37. The molecule has 0 aromatic carbocycles. The lowest BCUT2D eigenvalue weighted by Crippen LogP contribution is -2.59. The van der Waals surface area contributed by atoms with Crippen LogP contribution in [0.5, 0.6) is 0 Å². The third-order valence-electron chi connectivity index (χ3n) is 11.7. The molecule has 13 atom stereocenters. The number of fused-ring (bicyclic) bond motifs is 3. The van der Waals surface area contributed by atoms with Gasteiger partial charge >= 0.3 is 0 Å². The molecule has 2 bridgehead atoms. The number of ether oxygens (including phenoxy) is 3. The van der Waals surface area contributed by atoms with Gasteiger partial charge in [-0.25, -0.2) is 0 Å². The van der Waals surface area contributed by atoms with Crippen molar-refractivity contribution in [2.24, 2.45) is 28.6 Å². The summed E-state index contributed by atoms with van der Waals surface area (Å²) in [5.41, 5.74) is 0.288. The van der Waals surface area contributed by atoms with E-state index in [1.54, 1.807) is 0 Å². The summed E-state index contributed by atoms with van der Waals surface area (Å²) >= 11 is 0. The Morgan fingerprint density at radius 1 is 1.05 bits per heavy atom. The molecule has 5 rings (SSSR count). The Kier molecular flexibility index (Phi) is 9.11. The molecule has 1 aliphatic heterocycles. The third kappa shape index (κ3) is 5.22. The summed E-state index contributed by atoms with van der Waals surface area (Å²) < 4.78 is 17.2. The van der Waals surface area contributed by atoms with Gasteiger partial charge in [-0.2, -0.15) is 0 Å². The topological polar surface area (TPSA) is 190 Å². The molecule has 42 heavy (non-hydrogen) atoms. The zero-order valence-electron chi connectivity index (χ0n) is 24.8. The molecule has 4 saturated carbocycles. The van der Waals surface area contributed by atoms with Crippen molar-refractivity contribution in [3.63, 3.8) is 0 Å². The normalized spacial score (nSPS) is 47.2. The van der Waals surface area contributed by atoms with Crippen molar-refractivity contribution in [1.29, 1.82) is 0 Å². The molecule has 4 aliphatic carbocycles. The SMILES string of the molecule is C=C1CC23CCC4[C@@H](C)CCC[C@@]4(C)[C@@H]2CCC1(OC(O)/C(O)=C(/OC1OC(CO)C(O)C(O)C1O)C(O)CCO)C3. The quantitative estimate of drug-likeness (QED) is 0.109. The van der Waals surface area contributed by atoms with Crippen LogP contribution >= 0.6 is 0 Å². The molecule has 1 spiro atoms. The van der Waals surface area contributed by atoms with Crippen LogP contribution in [0.4, 0.5) is 0 Å². The van der Waals surface area contributed by atoms with Crippen LogP contribution in [0.3, 0.4) is 0 Å². The van der Waals surface area contributed by atoms with Gasteiger partial charge in [0.1, 0.15) is 30.5 Å². The van der Waals surface area contributed by atoms with Crippen LogP contribution in [0.2, 0.25) is 0 Å². The molecular weight excluding hydrogens is 548 g/mol. The molecular formula is C31H50O11. The molecule has 1 saturated heterocycles. The summed E-state index contributed by atoms with van der Waals surface area (Å²) in [5, 5.41) is 82.6. The van der Waals surface area contributed by atoms with E-state index in [0.29, 0.717) is 30.6 Å². The van der Waals surface area contributed by atoms with Gasteiger partial charge in [-0.05, 0) is 79.1 Å². The molecule has 8 N–H and O–H groups in total. The largest absolute Gasteiger partial charge is 0.505 e. The van der Waals surface area contributed by atoms with Crippen LogP contribution < -0.4 is 0 Å². The van der Waals surface area contributed by atoms with Crippen LogP contribution in [0, 0.1) is 28.6 Å². The fourth-order valence-corrected chi connectivity index (χ4v) is 9.68. The minimum Gasteiger partial charge on any atom is -0.505 e. The van der Waals surface area contributed by atoms with Gasteiger partial charge in [-0.15, -0.1) is 0 Å². The second-order valence-corrected chi connectivity index (χ2v) is 14.0. The summed E-state index contributed by atoms with van der Waals surface area (Å²) in [6.45, 7) is 8.06. The van der Waals surface area contributed by atoms with E-state index in [-0.39, 0.29) is 17.3 Å². The highest BCUT2D eigenvalue weighted by Crippen LogP contribution is 2.72. The van der Waals surface area contributed by atoms with Crippen LogP contribution in [0.25, 0.3) is 0 Å². The van der Waals surface area contributed by atoms with Crippen molar-refractivity contribution in [3.8, 4) is 0 Å². The maximum Gasteiger partial charge on any atom is 0.229 e. The van der Waals surface area contributed by atoms with Gasteiger partial charge in [0.05, 0.1) is 12.2 Å². The lowest BCUT2D eigenvalue weighted by Gasteiger charge is -2.62. The highest BCUT2D eigenvalue weighted by Gasteiger charge is 2.66. The number of hydrogen-bond acceptors (Lipinski definition) is 11. The number of hydrogen-bond donors (Lipinski definition) is 8. The molecule has 0 aromatic heterocycles. The summed E-state index contributed by atoms with van der Waals surface area (Å²) in [4.78, 5) is 0. The number of aliphatic hydroxyl groups is 8. The summed E-state index contributed by atoms with van der Waals surface area (Å²) in [6.07, 6.45) is -3.00. The average Bonchev–Trinajstić information content (AvgIpc) is 3.14. The molecule has 10 unspecified atom stereocenters. The molecule has 0 radical (unpaired) electrons. The second-order valence-electron chi connectivity index (χ2n) is 14.0. The fraction of sp³-hybridized carbons (Fsp3) is 0.871. The van der Waals surface area contributed by atoms with E-state index in [9.17, 15) is 40.9 Å². The zero-order valence-corrected chi connectivity index (χ0v) is 24.8. The first-order valence-corrected chi connectivity index (χ1v) is 15.6. The van der Waals surface area contributed by atoms with Gasteiger partial charge in [-0.1, -0.05) is 33.3 Å². The lowest BCUT2D eigenvalue weighted by molar-refractivity contribution is -0.295. The van der Waals surface area contributed by atoms with E-state index in [0.717, 1.165) is 31.3 Å². The Bertz CT molecular complexity index is 1030. The standard InChI is InChI=1S/C31H50O11/c1-16-5-4-9-29(3)18(16)6-10-30-13-17(2)31(15-30,11-7-21(29)30)42-27(39)25(38)26(19(34)8-12-32)41-28-24(37)23(36)22(35)20(14-33)40-28/h16,18-24,27-28,32-39H,2,4-15H2,1,3H3/b26-25-/t16-,18?,19?,20?,21-,22?,23?,24?,27?,28?,29+,30?,31?/m0/s1. The molecule has 11 heteroatoms. The van der Waals surface area contributed by atoms with Crippen LogP contribution in [-0.2, 0) is 14.2 Å². The van der Waals surface area contributed by atoms with E-state index in [2.05, 4.69) is 20.4 Å². The third-order valence-corrected chi connectivity index (χ3v) is 11.7. The first kappa shape index (κ1) is 32.1. The molecule has 11 nitrogen and oxygen atoms in total. The molecule has 5 fully saturated rings. The first-order valence-electron chi connectivity index (χ1n) is 15.6. The molecule has 0 amide bonds. The number of rotatable bonds is 9. The molecule has 240 valence electrons. The highest BCUT2D eigenvalue weighted by molar-refractivity contribution is 5.30. The number of aliphatic hydroxyl groups excluding tert-OH is 8. The van der Waals surface area contributed by atoms with Gasteiger partial charge in [0.2, 0.25) is 12.6 Å². The van der Waals surface area contributed by atoms with Crippen LogP contribution in [-0.4, -0.2) is 103 Å². The minimum atomic E-state index is -1.93. The monoisotopic (exact) mass is 598 g/mol. The smallest absolute Gasteiger partial charge is 0.229 e. The maximum atomic E-state index is 11.2. The van der Waals surface area contributed by atoms with Crippen molar-refractivity contribution in [2.75, 3.05) is 13.2 Å². The van der Waals surface area contributed by atoms with Gasteiger partial charge in [0.25, 0.3) is 0 Å². The first-order chi connectivity index (χ1) is 19.8. The Hall–Kier alpha value is -1.28. The molecule has 5 aliphatic rings. The highest BCUT2D eigenvalue weighted by atomic mass is 16.7. The van der Waals surface area contributed by atoms with Gasteiger partial charge in [0.15, 0.2) is 11.5 Å². The Morgan fingerprint density at radius 3 is 2.48 bits per heavy atom. The van der Waals surface area contributed by atoms with Crippen molar-refractivity contribution in [3.05, 3.63) is 23.7 Å². The second kappa shape index (κ2) is 11.9. The predicted molar refractivity (Wildman–Crippen MR) is 149 cm³/mol. The average molecular weight is 599 g/mol. The van der Waals surface area contributed by atoms with Crippen molar-refractivity contribution in [1.82, 2.24) is 0 Å². The van der Waals surface area contributed by atoms with Crippen molar-refractivity contribution in [2.45, 2.75) is 127 Å². The van der Waals surface area contributed by atoms with Crippen molar-refractivity contribution < 1.29 is 55.1 Å². The Balaban J connectivity index is 1.37. The van der Waals surface area contributed by atoms with E-state index in [1.807, 2.05) is 0 Å². The molecule has 0 aromatic rings. The maximum absolute atomic E-state index is 11.2. The van der Waals surface area contributed by atoms with Gasteiger partial charge in [0, 0.05) is 13.0 Å². The van der Waals surface area contributed by atoms with E-state index < -0.39 is 73.4 Å². The summed E-state index contributed by atoms with van der Waals surface area (Å²) in [7, 11) is 0. The summed E-state index contributed by atoms with van der Waals surface area (Å²) in [6, 6.07) is 0. The van der Waals surface area contributed by atoms with E-state index in [1.165, 1.54) is 19.3 Å². The van der Waals surface area contributed by atoms with E-state index in [4.69, 9.17) is 14.2 Å². The summed E-state index contributed by atoms with van der Waals surface area (Å²) in [5.74, 6) is 0.463. The van der Waals surface area contributed by atoms with Gasteiger partial charge < -0.3 is 55.1 Å². The Morgan fingerprint density at radius 2 is 1.79 bits per heavy atom. The van der Waals surface area contributed by atoms with Crippen LogP contribution in [0.1, 0.15) is 78.1 Å². The zero-order chi connectivity index (χ0) is 30.6. The lowest BCUT2D eigenvalue weighted by atomic mass is 9.43.